The molecule has 0 bridgehead atoms. The predicted molar refractivity (Wildman–Crippen MR) is 97.5 cm³/mol. The Morgan fingerprint density at radius 3 is 2.28 bits per heavy atom. The van der Waals surface area contributed by atoms with Gasteiger partial charge in [0.2, 0.25) is 0 Å². The summed E-state index contributed by atoms with van der Waals surface area (Å²) in [6.07, 6.45) is 1.97. The minimum atomic E-state index is 0.351. The van der Waals surface area contributed by atoms with Gasteiger partial charge in [0.25, 0.3) is 0 Å². The maximum Gasteiger partial charge on any atom is 0.161 e. The number of hydrogen-bond acceptors (Lipinski definition) is 5. The second-order valence-electron chi connectivity index (χ2n) is 6.71. The first kappa shape index (κ1) is 16.1. The van der Waals surface area contributed by atoms with E-state index in [2.05, 4.69) is 29.2 Å². The van der Waals surface area contributed by atoms with Crippen molar-refractivity contribution in [1.82, 2.24) is 4.90 Å². The van der Waals surface area contributed by atoms with Crippen molar-refractivity contribution in [2.24, 2.45) is 0 Å². The molecule has 0 aliphatic carbocycles. The van der Waals surface area contributed by atoms with Crippen LogP contribution >= 0.6 is 0 Å². The Kier molecular flexibility index (Phi) is 3.96. The molecule has 25 heavy (non-hydrogen) atoms. The van der Waals surface area contributed by atoms with Crippen LogP contribution in [0.25, 0.3) is 0 Å². The number of fused-ring (bicyclic) bond motifs is 4. The van der Waals surface area contributed by atoms with Crippen LogP contribution in [0.4, 0.5) is 5.69 Å². The third kappa shape index (κ3) is 2.59. The molecule has 5 nitrogen and oxygen atoms in total. The molecule has 1 unspecified atom stereocenters. The van der Waals surface area contributed by atoms with Crippen LogP contribution in [0.5, 0.6) is 17.2 Å². The SMILES string of the molecule is COc1cc2c(cc1N)CC1c3cc(OC)c(OC)cc3CCN1C2. The van der Waals surface area contributed by atoms with Crippen molar-refractivity contribution < 1.29 is 14.2 Å². The van der Waals surface area contributed by atoms with Gasteiger partial charge in [0.1, 0.15) is 5.75 Å². The van der Waals surface area contributed by atoms with Crippen LogP contribution in [-0.4, -0.2) is 32.8 Å². The molecular formula is C20H24N2O3. The van der Waals surface area contributed by atoms with Crippen LogP contribution in [0.3, 0.4) is 0 Å². The van der Waals surface area contributed by atoms with E-state index in [4.69, 9.17) is 19.9 Å². The largest absolute Gasteiger partial charge is 0.495 e. The average Bonchev–Trinajstić information content (AvgIpc) is 2.64. The first-order valence-electron chi connectivity index (χ1n) is 8.58. The number of nitrogen functional groups attached to an aromatic ring is 1. The Balaban J connectivity index is 1.75. The van der Waals surface area contributed by atoms with E-state index in [0.29, 0.717) is 11.7 Å². The van der Waals surface area contributed by atoms with Gasteiger partial charge in [-0.1, -0.05) is 0 Å². The van der Waals surface area contributed by atoms with Gasteiger partial charge in [0.05, 0.1) is 27.0 Å². The standard InChI is InChI=1S/C20H24N2O3/c1-23-18-9-14-11-22-5-4-12-8-19(24-2)20(25-3)10-15(12)17(22)7-13(14)6-16(18)21/h6,8-10,17H,4-5,7,11,21H2,1-3H3. The van der Waals surface area contributed by atoms with Crippen molar-refractivity contribution in [3.8, 4) is 17.2 Å². The van der Waals surface area contributed by atoms with Gasteiger partial charge in [-0.3, -0.25) is 4.90 Å². The van der Waals surface area contributed by atoms with Crippen molar-refractivity contribution in [3.05, 3.63) is 46.5 Å². The maximum atomic E-state index is 6.13. The van der Waals surface area contributed by atoms with E-state index < -0.39 is 0 Å². The number of anilines is 1. The first-order valence-corrected chi connectivity index (χ1v) is 8.58. The zero-order valence-corrected chi connectivity index (χ0v) is 15.0. The molecule has 0 amide bonds. The molecule has 0 spiro atoms. The van der Waals surface area contributed by atoms with Crippen molar-refractivity contribution >= 4 is 5.69 Å². The van der Waals surface area contributed by atoms with E-state index in [9.17, 15) is 0 Å². The van der Waals surface area contributed by atoms with Gasteiger partial charge < -0.3 is 19.9 Å². The summed E-state index contributed by atoms with van der Waals surface area (Å²) in [5, 5.41) is 0. The zero-order chi connectivity index (χ0) is 17.6. The molecule has 132 valence electrons. The molecule has 0 fully saturated rings. The molecular weight excluding hydrogens is 316 g/mol. The van der Waals surface area contributed by atoms with E-state index in [-0.39, 0.29) is 0 Å². The number of nitrogens with two attached hydrogens (primary N) is 1. The number of methoxy groups -OCH3 is 3. The average molecular weight is 340 g/mol. The third-order valence-corrected chi connectivity index (χ3v) is 5.45. The van der Waals surface area contributed by atoms with E-state index in [1.807, 2.05) is 0 Å². The minimum Gasteiger partial charge on any atom is -0.495 e. The molecule has 5 heteroatoms. The minimum absolute atomic E-state index is 0.351. The summed E-state index contributed by atoms with van der Waals surface area (Å²) in [6, 6.07) is 8.78. The van der Waals surface area contributed by atoms with Crippen molar-refractivity contribution in [3.63, 3.8) is 0 Å². The zero-order valence-electron chi connectivity index (χ0n) is 15.0. The fourth-order valence-electron chi connectivity index (χ4n) is 4.14. The molecule has 0 saturated carbocycles. The van der Waals surface area contributed by atoms with E-state index in [1.54, 1.807) is 21.3 Å². The summed E-state index contributed by atoms with van der Waals surface area (Å²) in [7, 11) is 5.04. The molecule has 0 saturated heterocycles. The molecule has 2 aromatic carbocycles. The van der Waals surface area contributed by atoms with Crippen LogP contribution in [0.15, 0.2) is 24.3 Å². The monoisotopic (exact) mass is 340 g/mol. The molecule has 2 aliphatic rings. The molecule has 2 aliphatic heterocycles. The highest BCUT2D eigenvalue weighted by Gasteiger charge is 2.33. The summed E-state index contributed by atoms with van der Waals surface area (Å²) >= 11 is 0. The van der Waals surface area contributed by atoms with Gasteiger partial charge in [0.15, 0.2) is 11.5 Å². The fraction of sp³-hybridized carbons (Fsp3) is 0.400. The topological polar surface area (TPSA) is 57.0 Å². The summed E-state index contributed by atoms with van der Waals surface area (Å²) in [4.78, 5) is 2.53. The maximum absolute atomic E-state index is 6.13. The Morgan fingerprint density at radius 2 is 1.56 bits per heavy atom. The lowest BCUT2D eigenvalue weighted by Crippen LogP contribution is -2.39. The molecule has 0 aromatic heterocycles. The smallest absolute Gasteiger partial charge is 0.161 e. The van der Waals surface area contributed by atoms with Gasteiger partial charge >= 0.3 is 0 Å². The summed E-state index contributed by atoms with van der Waals surface area (Å²) in [5.41, 5.74) is 12.1. The van der Waals surface area contributed by atoms with Gasteiger partial charge in [-0.05, 0) is 59.4 Å². The summed E-state index contributed by atoms with van der Waals surface area (Å²) in [6.45, 7) is 1.96. The lowest BCUT2D eigenvalue weighted by atomic mass is 9.83. The Labute approximate surface area is 148 Å². The quantitative estimate of drug-likeness (QED) is 0.871. The predicted octanol–water partition coefficient (Wildman–Crippen LogP) is 2.95. The lowest BCUT2D eigenvalue weighted by Gasteiger charge is -2.41. The van der Waals surface area contributed by atoms with Crippen LogP contribution in [0, 0.1) is 0 Å². The number of rotatable bonds is 3. The van der Waals surface area contributed by atoms with Gasteiger partial charge in [-0.25, -0.2) is 0 Å². The Bertz CT molecular complexity index is 819. The highest BCUT2D eigenvalue weighted by Crippen LogP contribution is 2.43. The van der Waals surface area contributed by atoms with Crippen LogP contribution in [0.2, 0.25) is 0 Å². The molecule has 2 heterocycles. The van der Waals surface area contributed by atoms with Crippen molar-refractivity contribution in [1.29, 1.82) is 0 Å². The number of benzene rings is 2. The highest BCUT2D eigenvalue weighted by molar-refractivity contribution is 5.58. The van der Waals surface area contributed by atoms with Gasteiger partial charge in [-0.2, -0.15) is 0 Å². The van der Waals surface area contributed by atoms with Crippen LogP contribution in [0.1, 0.15) is 28.3 Å². The molecule has 4 rings (SSSR count). The normalized spacial score (nSPS) is 18.8. The van der Waals surface area contributed by atoms with Crippen molar-refractivity contribution in [2.75, 3.05) is 33.6 Å². The molecule has 2 N–H and O–H groups in total. The number of ether oxygens (including phenoxy) is 3. The second-order valence-corrected chi connectivity index (χ2v) is 6.71. The van der Waals surface area contributed by atoms with E-state index in [1.165, 1.54) is 22.3 Å². The summed E-state index contributed by atoms with van der Waals surface area (Å²) < 4.78 is 16.4. The van der Waals surface area contributed by atoms with Crippen LogP contribution in [-0.2, 0) is 19.4 Å². The fourth-order valence-corrected chi connectivity index (χ4v) is 4.14. The van der Waals surface area contributed by atoms with Crippen LogP contribution < -0.4 is 19.9 Å². The van der Waals surface area contributed by atoms with E-state index in [0.717, 1.165) is 43.2 Å². The second kappa shape index (κ2) is 6.15. The van der Waals surface area contributed by atoms with Gasteiger partial charge in [0, 0.05) is 19.1 Å². The summed E-state index contributed by atoms with van der Waals surface area (Å²) in [5.74, 6) is 2.36. The van der Waals surface area contributed by atoms with E-state index >= 15 is 0 Å². The Morgan fingerprint density at radius 1 is 0.880 bits per heavy atom. The Hall–Kier alpha value is -2.40. The lowest BCUT2D eigenvalue weighted by molar-refractivity contribution is 0.160. The molecule has 1 atom stereocenters. The third-order valence-electron chi connectivity index (χ3n) is 5.45. The first-order chi connectivity index (χ1) is 12.1. The number of hydrogen-bond donors (Lipinski definition) is 1. The molecule has 0 radical (unpaired) electrons. The van der Waals surface area contributed by atoms with Crippen molar-refractivity contribution in [2.45, 2.75) is 25.4 Å². The molecule has 2 aromatic rings. The van der Waals surface area contributed by atoms with Gasteiger partial charge in [-0.15, -0.1) is 0 Å². The highest BCUT2D eigenvalue weighted by atomic mass is 16.5. The number of nitrogens with zero attached hydrogens (tertiary/aromatic N) is 1.